The van der Waals surface area contributed by atoms with Crippen LogP contribution in [-0.4, -0.2) is 43.9 Å². The molecule has 6 rings (SSSR count). The SMILES string of the molecule is CC(C)(C)[S@@+]([O-])NC1(c2cccc(C#N)c2)CCC2C/C2=C(\Nc2ccc(Cl)cc2)N2C[C@@H](O)C[C@H]2C(=O)Nc2cc1ccc2F. The largest absolute Gasteiger partial charge is 0.598 e. The van der Waals surface area contributed by atoms with Gasteiger partial charge in [-0.25, -0.2) is 4.39 Å². The number of allylic oxidation sites excluding steroid dienone is 1. The van der Waals surface area contributed by atoms with E-state index in [1.165, 1.54) is 6.07 Å². The summed E-state index contributed by atoms with van der Waals surface area (Å²) in [5.41, 5.74) is 2.57. The zero-order valence-electron chi connectivity index (χ0n) is 25.9. The van der Waals surface area contributed by atoms with E-state index in [-0.39, 0.29) is 24.6 Å². The number of rotatable bonds is 5. The third-order valence-electron chi connectivity index (χ3n) is 8.97. The molecule has 1 saturated carbocycles. The Bertz CT molecular complexity index is 1720. The molecule has 2 bridgehead atoms. The fraction of sp³-hybridized carbons (Fsp3) is 0.371. The zero-order chi connectivity index (χ0) is 32.8. The average Bonchev–Trinajstić information content (AvgIpc) is 3.69. The monoisotopic (exact) mass is 661 g/mol. The van der Waals surface area contributed by atoms with Crippen LogP contribution in [0.4, 0.5) is 15.8 Å². The van der Waals surface area contributed by atoms with Gasteiger partial charge in [0.25, 0.3) is 0 Å². The van der Waals surface area contributed by atoms with Crippen molar-refractivity contribution in [3.63, 3.8) is 0 Å². The highest BCUT2D eigenvalue weighted by atomic mass is 35.5. The highest BCUT2D eigenvalue weighted by Gasteiger charge is 2.47. The number of nitrogens with zero attached hydrogens (tertiary/aromatic N) is 2. The maximum Gasteiger partial charge on any atom is 0.247 e. The van der Waals surface area contributed by atoms with Gasteiger partial charge in [-0.3, -0.25) is 4.79 Å². The molecule has 46 heavy (non-hydrogen) atoms. The van der Waals surface area contributed by atoms with Gasteiger partial charge in [0.15, 0.2) is 0 Å². The number of anilines is 2. The Hall–Kier alpha value is -3.59. The fourth-order valence-electron chi connectivity index (χ4n) is 6.37. The number of carbonyl (C=O) groups is 1. The Morgan fingerprint density at radius 2 is 1.89 bits per heavy atom. The summed E-state index contributed by atoms with van der Waals surface area (Å²) in [6.07, 6.45) is 1.35. The average molecular weight is 662 g/mol. The lowest BCUT2D eigenvalue weighted by molar-refractivity contribution is -0.119. The van der Waals surface area contributed by atoms with Crippen LogP contribution in [-0.2, 0) is 21.7 Å². The van der Waals surface area contributed by atoms with E-state index in [0.717, 1.165) is 29.1 Å². The highest BCUT2D eigenvalue weighted by molar-refractivity contribution is 7.90. The van der Waals surface area contributed by atoms with Crippen molar-refractivity contribution in [1.82, 2.24) is 9.62 Å². The van der Waals surface area contributed by atoms with Gasteiger partial charge in [-0.15, -0.1) is 4.72 Å². The molecule has 8 nitrogen and oxygen atoms in total. The van der Waals surface area contributed by atoms with Gasteiger partial charge in [-0.05, 0) is 111 Å². The maximum absolute atomic E-state index is 15.5. The third kappa shape index (κ3) is 6.48. The summed E-state index contributed by atoms with van der Waals surface area (Å²) in [6.45, 7) is 5.88. The van der Waals surface area contributed by atoms with Crippen LogP contribution in [0.3, 0.4) is 0 Å². The van der Waals surface area contributed by atoms with Crippen LogP contribution in [0.2, 0.25) is 5.02 Å². The van der Waals surface area contributed by atoms with E-state index in [1.54, 1.807) is 42.5 Å². The molecule has 2 aliphatic heterocycles. The second-order valence-corrected chi connectivity index (χ2v) is 15.7. The summed E-state index contributed by atoms with van der Waals surface area (Å²) < 4.78 is 32.1. The minimum absolute atomic E-state index is 0.0164. The molecule has 1 aliphatic carbocycles. The Balaban J connectivity index is 1.51. The summed E-state index contributed by atoms with van der Waals surface area (Å²) in [4.78, 5) is 15.8. The van der Waals surface area contributed by atoms with Gasteiger partial charge >= 0.3 is 0 Å². The van der Waals surface area contributed by atoms with Gasteiger partial charge in [-0.1, -0.05) is 29.8 Å². The van der Waals surface area contributed by atoms with Crippen molar-refractivity contribution in [2.75, 3.05) is 17.2 Å². The fourth-order valence-corrected chi connectivity index (χ4v) is 7.46. The molecule has 2 heterocycles. The van der Waals surface area contributed by atoms with Gasteiger partial charge < -0.3 is 25.2 Å². The van der Waals surface area contributed by atoms with Crippen molar-refractivity contribution >= 4 is 40.2 Å². The minimum Gasteiger partial charge on any atom is -0.598 e. The van der Waals surface area contributed by atoms with E-state index in [9.17, 15) is 19.7 Å². The second kappa shape index (κ2) is 12.5. The summed E-state index contributed by atoms with van der Waals surface area (Å²) >= 11 is 4.58. The smallest absolute Gasteiger partial charge is 0.247 e. The maximum atomic E-state index is 15.5. The highest BCUT2D eigenvalue weighted by Crippen LogP contribution is 2.49. The number of hydrogen-bond acceptors (Lipinski definition) is 7. The number of amides is 1. The molecular weight excluding hydrogens is 625 g/mol. The molecule has 4 N–H and O–H groups in total. The Morgan fingerprint density at radius 3 is 2.61 bits per heavy atom. The van der Waals surface area contributed by atoms with E-state index < -0.39 is 45.5 Å². The normalized spacial score (nSPS) is 26.8. The number of benzene rings is 3. The molecule has 1 saturated heterocycles. The van der Waals surface area contributed by atoms with Crippen LogP contribution < -0.4 is 15.4 Å². The lowest BCUT2D eigenvalue weighted by Crippen LogP contribution is -2.52. The predicted octanol–water partition coefficient (Wildman–Crippen LogP) is 6.16. The zero-order valence-corrected chi connectivity index (χ0v) is 27.5. The molecule has 2 unspecified atom stereocenters. The van der Waals surface area contributed by atoms with Crippen molar-refractivity contribution in [2.45, 2.75) is 68.9 Å². The first-order valence-electron chi connectivity index (χ1n) is 15.4. The molecular formula is C35H37ClFN5O3S. The molecule has 3 aromatic carbocycles. The van der Waals surface area contributed by atoms with Crippen molar-refractivity contribution < 1.29 is 18.8 Å². The molecule has 11 heteroatoms. The van der Waals surface area contributed by atoms with Crippen LogP contribution in [0.25, 0.3) is 0 Å². The number of aliphatic hydroxyl groups excluding tert-OH is 1. The molecule has 0 radical (unpaired) electrons. The van der Waals surface area contributed by atoms with Crippen molar-refractivity contribution in [2.24, 2.45) is 5.92 Å². The molecule has 3 aliphatic rings. The third-order valence-corrected chi connectivity index (χ3v) is 10.9. The summed E-state index contributed by atoms with van der Waals surface area (Å²) in [5, 5.41) is 27.4. The van der Waals surface area contributed by atoms with Gasteiger partial charge in [0.2, 0.25) is 5.91 Å². The molecule has 2 fully saturated rings. The van der Waals surface area contributed by atoms with Crippen LogP contribution in [0.15, 0.2) is 78.1 Å². The summed E-state index contributed by atoms with van der Waals surface area (Å²) in [5.74, 6) is -0.183. The van der Waals surface area contributed by atoms with E-state index in [4.69, 9.17) is 11.6 Å². The number of fused-ring (bicyclic) bond motifs is 4. The van der Waals surface area contributed by atoms with E-state index in [1.807, 2.05) is 43.9 Å². The molecule has 0 spiro atoms. The molecule has 0 aromatic heterocycles. The Kier molecular flexibility index (Phi) is 8.83. The van der Waals surface area contributed by atoms with Crippen molar-refractivity contribution in [3.05, 3.63) is 106 Å². The van der Waals surface area contributed by atoms with Gasteiger partial charge in [0.05, 0.1) is 23.4 Å². The first kappa shape index (κ1) is 32.4. The number of aliphatic hydroxyl groups is 1. The topological polar surface area (TPSA) is 123 Å². The molecule has 1 amide bonds. The van der Waals surface area contributed by atoms with E-state index in [0.29, 0.717) is 29.0 Å². The summed E-state index contributed by atoms with van der Waals surface area (Å²) in [7, 11) is 0. The Labute approximate surface area is 276 Å². The lowest BCUT2D eigenvalue weighted by atomic mass is 9.78. The number of halogens is 2. The Morgan fingerprint density at radius 1 is 1.15 bits per heavy atom. The van der Waals surface area contributed by atoms with Crippen LogP contribution >= 0.6 is 11.6 Å². The lowest BCUT2D eigenvalue weighted by Gasteiger charge is -2.39. The van der Waals surface area contributed by atoms with E-state index >= 15 is 4.39 Å². The van der Waals surface area contributed by atoms with Crippen LogP contribution in [0.1, 0.15) is 63.1 Å². The van der Waals surface area contributed by atoms with Crippen molar-refractivity contribution in [1.29, 1.82) is 5.26 Å². The minimum atomic E-state index is -1.56. The van der Waals surface area contributed by atoms with Gasteiger partial charge in [0.1, 0.15) is 28.0 Å². The second-order valence-electron chi connectivity index (χ2n) is 13.3. The van der Waals surface area contributed by atoms with Crippen LogP contribution in [0, 0.1) is 23.1 Å². The predicted molar refractivity (Wildman–Crippen MR) is 179 cm³/mol. The van der Waals surface area contributed by atoms with Gasteiger partial charge in [0, 0.05) is 35.0 Å². The molecule has 5 atom stereocenters. The molecule has 240 valence electrons. The number of hydrogen-bond donors (Lipinski definition) is 4. The first-order valence-corrected chi connectivity index (χ1v) is 16.9. The number of carbonyl (C=O) groups excluding carboxylic acids is 1. The number of nitrogens with one attached hydrogen (secondary N) is 3. The molecule has 3 aromatic rings. The summed E-state index contributed by atoms with van der Waals surface area (Å²) in [6, 6.07) is 20.5. The van der Waals surface area contributed by atoms with Gasteiger partial charge in [-0.2, -0.15) is 5.26 Å². The standard InChI is InChI=1S/C35H37ClFN5O3S/c1-34(2,3)46(45)41-35(23-6-4-5-21(15-23)19-38)14-13-22-16-28(22)32(39-26-10-8-25(36)9-11-26)42-20-27(43)18-31(42)33(44)40-30-17-24(35)7-12-29(30)37/h4-12,15,17,22,27,31,39,41,43H,13-14,16,18,20H2,1-3H3,(H,40,44)/b32-28-/t22?,27-,31-,35?,46+/m0/s1. The van der Waals surface area contributed by atoms with Crippen molar-refractivity contribution in [3.8, 4) is 6.07 Å². The quantitative estimate of drug-likeness (QED) is 0.242. The van der Waals surface area contributed by atoms with E-state index in [2.05, 4.69) is 21.4 Å². The first-order chi connectivity index (χ1) is 21.9. The number of nitriles is 1. The van der Waals surface area contributed by atoms with Crippen LogP contribution in [0.5, 0.6) is 0 Å².